The molecule has 9 nitrogen and oxygen atoms in total. The van der Waals surface area contributed by atoms with Gasteiger partial charge in [-0.3, -0.25) is 9.59 Å². The second kappa shape index (κ2) is 16.8. The number of rotatable bonds is 10. The van der Waals surface area contributed by atoms with Gasteiger partial charge in [0.15, 0.2) is 0 Å². The third-order valence-corrected chi connectivity index (χ3v) is 3.25. The minimum atomic E-state index is -1.26. The highest BCUT2D eigenvalue weighted by atomic mass is 16.4. The number of aliphatic carboxylic acids is 1. The third kappa shape index (κ3) is 15.2. The van der Waals surface area contributed by atoms with Gasteiger partial charge in [-0.2, -0.15) is 4.79 Å². The number of nitrogens with two attached hydrogens (primary N) is 1. The molecule has 4 N–H and O–H groups in total. The second-order valence-electron chi connectivity index (χ2n) is 5.06. The molecule has 0 aromatic heterocycles. The van der Waals surface area contributed by atoms with Gasteiger partial charge in [-0.15, -0.1) is 0 Å². The lowest BCUT2D eigenvalue weighted by Gasteiger charge is -2.14. The first-order valence-electron chi connectivity index (χ1n) is 7.94. The van der Waals surface area contributed by atoms with Crippen LogP contribution < -0.4 is 11.1 Å². The predicted octanol–water partition coefficient (Wildman–Crippen LogP) is 0.537. The van der Waals surface area contributed by atoms with Gasteiger partial charge in [0, 0.05) is 6.42 Å². The molecule has 0 saturated carbocycles. The number of nitrogens with zero attached hydrogens (tertiary/aromatic N) is 3. The molecule has 146 valence electrons. The van der Waals surface area contributed by atoms with Crippen LogP contribution in [0.4, 0.5) is 0 Å². The topological polar surface area (TPSA) is 149 Å². The van der Waals surface area contributed by atoms with E-state index in [9.17, 15) is 14.4 Å². The van der Waals surface area contributed by atoms with Crippen LogP contribution in [0.25, 0.3) is 5.53 Å². The quantitative estimate of drug-likeness (QED) is 0.294. The Morgan fingerprint density at radius 2 is 1.72 bits per heavy atom. The van der Waals surface area contributed by atoms with E-state index in [-0.39, 0.29) is 20.3 Å². The fraction of sp³-hybridized carbons (Fsp3) is 0.750. The minimum absolute atomic E-state index is 0. The van der Waals surface area contributed by atoms with Crippen LogP contribution in [0, 0.1) is 0 Å². The standard InChI is InChI=1S/C9H14N4O4.C6H15N.CH4/c1-5(10)8(15)13-7(9(16)17)3-2-6(14)4-12-11;1-4-7(5-2)6-3;/h4-5,7H,2-3,10H2,1H3,(H,13,15)(H,16,17);4-6H2,1-3H3;1H4/t5-,7-;;/m0../s1. The molecule has 9 heteroatoms. The number of carboxylic acids is 1. The molecule has 25 heavy (non-hydrogen) atoms. The van der Waals surface area contributed by atoms with Gasteiger partial charge in [0.2, 0.25) is 11.7 Å². The van der Waals surface area contributed by atoms with Crippen LogP contribution in [-0.4, -0.2) is 70.4 Å². The Bertz CT molecular complexity index is 438. The van der Waals surface area contributed by atoms with Crippen molar-refractivity contribution in [1.29, 1.82) is 0 Å². The van der Waals surface area contributed by atoms with Gasteiger partial charge in [0.05, 0.1) is 6.04 Å². The first-order chi connectivity index (χ1) is 11.2. The molecule has 0 aliphatic carbocycles. The number of Topliss-reactive ketones (excluding diaryl/α,β-unsaturated/α-hetero) is 1. The lowest BCUT2D eigenvalue weighted by molar-refractivity contribution is -0.142. The second-order valence-corrected chi connectivity index (χ2v) is 5.06. The van der Waals surface area contributed by atoms with E-state index >= 15 is 0 Å². The number of amides is 1. The smallest absolute Gasteiger partial charge is 0.326 e. The fourth-order valence-corrected chi connectivity index (χ4v) is 1.65. The SMILES string of the molecule is C.CCN(CC)CC.C[C@H](N)C(=O)N[C@@H](CCC(=O)C=[N+]=[N-])C(=O)O. The van der Waals surface area contributed by atoms with Gasteiger partial charge in [0.25, 0.3) is 0 Å². The van der Waals surface area contributed by atoms with Gasteiger partial charge in [-0.25, -0.2) is 4.79 Å². The van der Waals surface area contributed by atoms with Crippen LogP contribution in [0.15, 0.2) is 0 Å². The Balaban J connectivity index is -0.000000513. The van der Waals surface area contributed by atoms with E-state index in [0.29, 0.717) is 6.21 Å². The molecule has 0 rings (SSSR count). The van der Waals surface area contributed by atoms with Crippen molar-refractivity contribution >= 4 is 23.9 Å². The predicted molar refractivity (Wildman–Crippen MR) is 97.3 cm³/mol. The summed E-state index contributed by atoms with van der Waals surface area (Å²) < 4.78 is 0. The molecule has 0 heterocycles. The average molecular weight is 359 g/mol. The Labute approximate surface area is 150 Å². The van der Waals surface area contributed by atoms with E-state index in [0.717, 1.165) is 0 Å². The zero-order valence-corrected chi connectivity index (χ0v) is 14.9. The van der Waals surface area contributed by atoms with Gasteiger partial charge in [-0.05, 0) is 33.0 Å². The molecule has 2 atom stereocenters. The van der Waals surface area contributed by atoms with Crippen LogP contribution in [0.1, 0.15) is 48.0 Å². The lowest BCUT2D eigenvalue weighted by Crippen LogP contribution is -2.47. The Kier molecular flexibility index (Phi) is 18.6. The van der Waals surface area contributed by atoms with Crippen LogP contribution in [0.5, 0.6) is 0 Å². The maximum absolute atomic E-state index is 11.2. The molecule has 0 unspecified atom stereocenters. The monoisotopic (exact) mass is 359 g/mol. The lowest BCUT2D eigenvalue weighted by atomic mass is 10.1. The van der Waals surface area contributed by atoms with Crippen molar-refractivity contribution < 1.29 is 24.3 Å². The van der Waals surface area contributed by atoms with E-state index in [1.54, 1.807) is 0 Å². The zero-order valence-electron chi connectivity index (χ0n) is 14.9. The molecule has 0 spiro atoms. The van der Waals surface area contributed by atoms with Crippen LogP contribution in [0.2, 0.25) is 0 Å². The summed E-state index contributed by atoms with van der Waals surface area (Å²) >= 11 is 0. The molecule has 0 saturated heterocycles. The molecule has 0 bridgehead atoms. The molecule has 0 radical (unpaired) electrons. The van der Waals surface area contributed by atoms with E-state index in [4.69, 9.17) is 16.4 Å². The largest absolute Gasteiger partial charge is 0.480 e. The summed E-state index contributed by atoms with van der Waals surface area (Å²) in [6.45, 7) is 11.5. The Morgan fingerprint density at radius 3 is 2.00 bits per heavy atom. The highest BCUT2D eigenvalue weighted by molar-refractivity contribution is 6.25. The molecular weight excluding hydrogens is 326 g/mol. The third-order valence-electron chi connectivity index (χ3n) is 3.25. The number of carbonyl (C=O) groups is 3. The van der Waals surface area contributed by atoms with Gasteiger partial charge >= 0.3 is 12.2 Å². The molecule has 0 aromatic carbocycles. The van der Waals surface area contributed by atoms with Crippen LogP contribution in [0.3, 0.4) is 0 Å². The summed E-state index contributed by atoms with van der Waals surface area (Å²) in [5, 5.41) is 11.0. The number of ketones is 1. The first-order valence-corrected chi connectivity index (χ1v) is 7.94. The van der Waals surface area contributed by atoms with Crippen LogP contribution >= 0.6 is 0 Å². The van der Waals surface area contributed by atoms with Crippen LogP contribution in [-0.2, 0) is 14.4 Å². The van der Waals surface area contributed by atoms with Crippen molar-refractivity contribution in [3.63, 3.8) is 0 Å². The number of hydrogen-bond acceptors (Lipinski definition) is 5. The normalized spacial score (nSPS) is 11.8. The summed E-state index contributed by atoms with van der Waals surface area (Å²) in [5.74, 6) is -2.40. The summed E-state index contributed by atoms with van der Waals surface area (Å²) in [6.07, 6.45) is 0.422. The maximum Gasteiger partial charge on any atom is 0.326 e. The van der Waals surface area contributed by atoms with E-state index in [1.807, 2.05) is 0 Å². The molecule has 0 aromatic rings. The van der Waals surface area contributed by atoms with Crippen molar-refractivity contribution in [2.24, 2.45) is 5.73 Å². The van der Waals surface area contributed by atoms with E-state index in [1.165, 1.54) is 26.6 Å². The summed E-state index contributed by atoms with van der Waals surface area (Å²) in [4.78, 5) is 37.8. The van der Waals surface area contributed by atoms with Crippen molar-refractivity contribution in [2.45, 2.75) is 60.0 Å². The van der Waals surface area contributed by atoms with Crippen molar-refractivity contribution in [3.8, 4) is 0 Å². The maximum atomic E-state index is 11.2. The minimum Gasteiger partial charge on any atom is -0.480 e. The number of hydrogen-bond donors (Lipinski definition) is 3. The number of carbonyl (C=O) groups excluding carboxylic acids is 2. The highest BCUT2D eigenvalue weighted by Crippen LogP contribution is 1.98. The van der Waals surface area contributed by atoms with Gasteiger partial charge < -0.3 is 26.6 Å². The van der Waals surface area contributed by atoms with Gasteiger partial charge in [-0.1, -0.05) is 28.2 Å². The number of carboxylic acid groups (broad SMARTS) is 1. The van der Waals surface area contributed by atoms with Crippen molar-refractivity contribution in [3.05, 3.63) is 5.53 Å². The highest BCUT2D eigenvalue weighted by Gasteiger charge is 2.22. The Hall–Kier alpha value is -2.09. The van der Waals surface area contributed by atoms with E-state index < -0.39 is 29.7 Å². The molecule has 0 aliphatic rings. The van der Waals surface area contributed by atoms with Crippen molar-refractivity contribution in [2.75, 3.05) is 19.6 Å². The molecule has 0 fully saturated rings. The average Bonchev–Trinajstić information content (AvgIpc) is 2.53. The summed E-state index contributed by atoms with van der Waals surface area (Å²) in [7, 11) is 0. The van der Waals surface area contributed by atoms with Crippen molar-refractivity contribution in [1.82, 2.24) is 10.2 Å². The number of nitrogens with one attached hydrogen (secondary N) is 1. The summed E-state index contributed by atoms with van der Waals surface area (Å²) in [6, 6.07) is -2.02. The van der Waals surface area contributed by atoms with Gasteiger partial charge in [0.1, 0.15) is 6.04 Å². The van der Waals surface area contributed by atoms with E-state index in [2.05, 4.69) is 35.8 Å². The summed E-state index contributed by atoms with van der Waals surface area (Å²) in [5.41, 5.74) is 13.3. The molecule has 0 aliphatic heterocycles. The Morgan fingerprint density at radius 1 is 1.24 bits per heavy atom. The molecular formula is C16H33N5O4. The molecule has 1 amide bonds. The first kappa shape index (κ1) is 27.7. The zero-order chi connectivity index (χ0) is 19.1. The fourth-order valence-electron chi connectivity index (χ4n) is 1.65.